The molecule has 1 atom stereocenters. The summed E-state index contributed by atoms with van der Waals surface area (Å²) in [7, 11) is 2.67. The number of hydrogen-bond acceptors (Lipinski definition) is 4. The monoisotopic (exact) mass is 267 g/mol. The molecule has 104 valence electrons. The minimum atomic E-state index is -1.35. The van der Waals surface area contributed by atoms with Gasteiger partial charge in [-0.2, -0.15) is 0 Å². The largest absolute Gasteiger partial charge is 0.496 e. The maximum atomic E-state index is 14.1. The van der Waals surface area contributed by atoms with Crippen molar-refractivity contribution in [2.24, 2.45) is 0 Å². The van der Waals surface area contributed by atoms with Gasteiger partial charge in [0.05, 0.1) is 19.8 Å². The predicted molar refractivity (Wildman–Crippen MR) is 70.5 cm³/mol. The number of methoxy groups -OCH3 is 2. The third kappa shape index (κ3) is 2.93. The van der Waals surface area contributed by atoms with Crippen molar-refractivity contribution in [1.82, 2.24) is 5.32 Å². The lowest BCUT2D eigenvalue weighted by Crippen LogP contribution is -2.48. The molecule has 1 N–H and O–H groups in total. The van der Waals surface area contributed by atoms with Crippen LogP contribution in [0.15, 0.2) is 30.9 Å². The van der Waals surface area contributed by atoms with Crippen molar-refractivity contribution in [1.29, 1.82) is 0 Å². The Morgan fingerprint density at radius 2 is 2.21 bits per heavy atom. The van der Waals surface area contributed by atoms with Crippen LogP contribution < -0.4 is 10.1 Å². The van der Waals surface area contributed by atoms with Crippen LogP contribution in [0.3, 0.4) is 0 Å². The van der Waals surface area contributed by atoms with Gasteiger partial charge in [0.25, 0.3) is 0 Å². The van der Waals surface area contributed by atoms with Gasteiger partial charge in [-0.3, -0.25) is 5.32 Å². The van der Waals surface area contributed by atoms with Gasteiger partial charge in [-0.15, -0.1) is 6.58 Å². The maximum absolute atomic E-state index is 14.1. The Kier molecular flexibility index (Phi) is 5.06. The van der Waals surface area contributed by atoms with Crippen LogP contribution in [0, 0.1) is 5.82 Å². The van der Waals surface area contributed by atoms with Crippen LogP contribution in [0.5, 0.6) is 5.75 Å². The van der Waals surface area contributed by atoms with Gasteiger partial charge in [0.15, 0.2) is 0 Å². The quantitative estimate of drug-likeness (QED) is 0.632. The summed E-state index contributed by atoms with van der Waals surface area (Å²) < 4.78 is 24.0. The van der Waals surface area contributed by atoms with E-state index in [-0.39, 0.29) is 11.3 Å². The van der Waals surface area contributed by atoms with Gasteiger partial charge < -0.3 is 9.47 Å². The molecule has 1 aromatic rings. The molecule has 5 heteroatoms. The minimum Gasteiger partial charge on any atom is -0.496 e. The SMILES string of the molecule is C=CCNC(C)(C(=O)OC)c1c(F)cccc1OC. The van der Waals surface area contributed by atoms with E-state index in [2.05, 4.69) is 11.9 Å². The number of halogens is 1. The van der Waals surface area contributed by atoms with Gasteiger partial charge >= 0.3 is 5.97 Å². The zero-order valence-corrected chi connectivity index (χ0v) is 11.3. The van der Waals surface area contributed by atoms with E-state index in [0.29, 0.717) is 6.54 Å². The molecular weight excluding hydrogens is 249 g/mol. The topological polar surface area (TPSA) is 47.6 Å². The van der Waals surface area contributed by atoms with Crippen molar-refractivity contribution in [2.45, 2.75) is 12.5 Å². The van der Waals surface area contributed by atoms with Gasteiger partial charge in [-0.1, -0.05) is 12.1 Å². The summed E-state index contributed by atoms with van der Waals surface area (Å²) in [5, 5.41) is 2.92. The van der Waals surface area contributed by atoms with Gasteiger partial charge in [0.1, 0.15) is 17.1 Å². The molecule has 19 heavy (non-hydrogen) atoms. The van der Waals surface area contributed by atoms with Crippen molar-refractivity contribution in [2.75, 3.05) is 20.8 Å². The summed E-state index contributed by atoms with van der Waals surface area (Å²) in [5.41, 5.74) is -1.23. The Morgan fingerprint density at radius 1 is 1.53 bits per heavy atom. The van der Waals surface area contributed by atoms with Crippen LogP contribution in [0.25, 0.3) is 0 Å². The molecule has 1 rings (SSSR count). The third-order valence-corrected chi connectivity index (χ3v) is 2.89. The Balaban J connectivity index is 3.39. The van der Waals surface area contributed by atoms with Crippen molar-refractivity contribution in [3.63, 3.8) is 0 Å². The molecular formula is C14H18FNO3. The second-order valence-corrected chi connectivity index (χ2v) is 4.10. The molecule has 0 aliphatic carbocycles. The average molecular weight is 267 g/mol. The van der Waals surface area contributed by atoms with Crippen molar-refractivity contribution in [3.8, 4) is 5.75 Å². The van der Waals surface area contributed by atoms with Gasteiger partial charge in [-0.25, -0.2) is 9.18 Å². The zero-order valence-electron chi connectivity index (χ0n) is 11.3. The van der Waals surface area contributed by atoms with Crippen molar-refractivity contribution >= 4 is 5.97 Å². The van der Waals surface area contributed by atoms with Crippen LogP contribution in [-0.2, 0) is 15.1 Å². The summed E-state index contributed by atoms with van der Waals surface area (Å²) in [4.78, 5) is 12.0. The van der Waals surface area contributed by atoms with Crippen molar-refractivity contribution < 1.29 is 18.7 Å². The Morgan fingerprint density at radius 3 is 2.74 bits per heavy atom. The fourth-order valence-electron chi connectivity index (χ4n) is 1.90. The summed E-state index contributed by atoms with van der Waals surface area (Å²) in [6.07, 6.45) is 1.58. The fraction of sp³-hybridized carbons (Fsp3) is 0.357. The molecule has 1 unspecified atom stereocenters. The molecule has 0 radical (unpaired) electrons. The third-order valence-electron chi connectivity index (χ3n) is 2.89. The first-order chi connectivity index (χ1) is 9.01. The van der Waals surface area contributed by atoms with Crippen LogP contribution in [-0.4, -0.2) is 26.7 Å². The van der Waals surface area contributed by atoms with Crippen LogP contribution in [0.2, 0.25) is 0 Å². The highest BCUT2D eigenvalue weighted by Gasteiger charge is 2.40. The van der Waals surface area contributed by atoms with Crippen LogP contribution in [0.1, 0.15) is 12.5 Å². The lowest BCUT2D eigenvalue weighted by atomic mass is 9.90. The predicted octanol–water partition coefficient (Wildman–Crippen LogP) is 2.00. The molecule has 0 spiro atoms. The Labute approximate surface area is 112 Å². The summed E-state index contributed by atoms with van der Waals surface area (Å²) >= 11 is 0. The zero-order chi connectivity index (χ0) is 14.5. The summed E-state index contributed by atoms with van der Waals surface area (Å²) in [5.74, 6) is -0.856. The standard InChI is InChI=1S/C14H18FNO3/c1-5-9-16-14(2,13(17)19-4)12-10(15)7-6-8-11(12)18-3/h5-8,16H,1,9H2,2-4H3. The minimum absolute atomic E-state index is 0.117. The first-order valence-electron chi connectivity index (χ1n) is 5.78. The lowest BCUT2D eigenvalue weighted by Gasteiger charge is -2.29. The first-order valence-corrected chi connectivity index (χ1v) is 5.78. The van der Waals surface area contributed by atoms with Gasteiger partial charge in [0, 0.05) is 6.54 Å². The average Bonchev–Trinajstić information content (AvgIpc) is 2.43. The Hall–Kier alpha value is -1.88. The van der Waals surface area contributed by atoms with Crippen molar-refractivity contribution in [3.05, 3.63) is 42.2 Å². The second-order valence-electron chi connectivity index (χ2n) is 4.10. The molecule has 0 saturated heterocycles. The smallest absolute Gasteiger partial charge is 0.330 e. The molecule has 0 aromatic heterocycles. The van der Waals surface area contributed by atoms with Crippen LogP contribution >= 0.6 is 0 Å². The highest BCUT2D eigenvalue weighted by Crippen LogP contribution is 2.33. The fourth-order valence-corrected chi connectivity index (χ4v) is 1.90. The number of nitrogens with one attached hydrogen (secondary N) is 1. The molecule has 0 saturated carbocycles. The number of hydrogen-bond donors (Lipinski definition) is 1. The van der Waals surface area contributed by atoms with E-state index in [1.54, 1.807) is 19.1 Å². The number of carbonyl (C=O) groups excluding carboxylic acids is 1. The van der Waals surface area contributed by atoms with E-state index in [1.807, 2.05) is 0 Å². The summed E-state index contributed by atoms with van der Waals surface area (Å²) in [6.45, 7) is 5.44. The van der Waals surface area contributed by atoms with Crippen LogP contribution in [0.4, 0.5) is 4.39 Å². The second kappa shape index (κ2) is 6.33. The molecule has 0 fully saturated rings. The van der Waals surface area contributed by atoms with E-state index < -0.39 is 17.3 Å². The highest BCUT2D eigenvalue weighted by atomic mass is 19.1. The number of esters is 1. The molecule has 0 aliphatic rings. The highest BCUT2D eigenvalue weighted by molar-refractivity contribution is 5.83. The molecule has 0 amide bonds. The van der Waals surface area contributed by atoms with E-state index >= 15 is 0 Å². The molecule has 0 heterocycles. The first kappa shape index (κ1) is 15.2. The molecule has 0 bridgehead atoms. The van der Waals surface area contributed by atoms with E-state index in [4.69, 9.17) is 9.47 Å². The lowest BCUT2D eigenvalue weighted by molar-refractivity contribution is -0.148. The van der Waals surface area contributed by atoms with Gasteiger partial charge in [0.2, 0.25) is 0 Å². The summed E-state index contributed by atoms with van der Waals surface area (Å²) in [6, 6.07) is 4.38. The number of rotatable bonds is 6. The molecule has 4 nitrogen and oxygen atoms in total. The van der Waals surface area contributed by atoms with E-state index in [0.717, 1.165) is 0 Å². The Bertz CT molecular complexity index is 476. The number of carbonyl (C=O) groups is 1. The number of benzene rings is 1. The number of ether oxygens (including phenoxy) is 2. The maximum Gasteiger partial charge on any atom is 0.330 e. The normalized spacial score (nSPS) is 13.5. The van der Waals surface area contributed by atoms with E-state index in [1.165, 1.54) is 26.4 Å². The van der Waals surface area contributed by atoms with Gasteiger partial charge in [-0.05, 0) is 19.1 Å². The molecule has 1 aromatic carbocycles. The van der Waals surface area contributed by atoms with E-state index in [9.17, 15) is 9.18 Å². The molecule has 0 aliphatic heterocycles.